The molecule has 0 aromatic heterocycles. The molecule has 0 atom stereocenters. The summed E-state index contributed by atoms with van der Waals surface area (Å²) < 4.78 is 4.65. The van der Waals surface area contributed by atoms with E-state index in [2.05, 4.69) is 16.9 Å². The first-order chi connectivity index (χ1) is 7.76. The number of hydrogen-bond donors (Lipinski definition) is 0. The number of rotatable bonds is 5. The van der Waals surface area contributed by atoms with E-state index in [0.717, 1.165) is 11.3 Å². The van der Waals surface area contributed by atoms with Gasteiger partial charge in [0.2, 0.25) is 0 Å². The van der Waals surface area contributed by atoms with Crippen molar-refractivity contribution in [3.8, 4) is 0 Å². The molecule has 86 valence electrons. The highest BCUT2D eigenvalue weighted by Crippen LogP contribution is 2.21. The first-order valence-electron chi connectivity index (χ1n) is 5.15. The van der Waals surface area contributed by atoms with Crippen molar-refractivity contribution in [2.75, 3.05) is 12.9 Å². The average molecular weight is 236 g/mol. The van der Waals surface area contributed by atoms with Crippen LogP contribution in [0.4, 0.5) is 0 Å². The molecule has 1 rings (SSSR count). The van der Waals surface area contributed by atoms with Gasteiger partial charge in [-0.05, 0) is 19.1 Å². The Morgan fingerprint density at radius 1 is 1.38 bits per heavy atom. The second-order valence-electron chi connectivity index (χ2n) is 3.30. The van der Waals surface area contributed by atoms with E-state index in [1.165, 1.54) is 12.0 Å². The second kappa shape index (κ2) is 7.12. The van der Waals surface area contributed by atoms with E-state index in [4.69, 9.17) is 0 Å². The lowest BCUT2D eigenvalue weighted by molar-refractivity contribution is -0.139. The van der Waals surface area contributed by atoms with Crippen LogP contribution in [-0.2, 0) is 9.53 Å². The SMILES string of the molecule is C/C=C(/CSc1ccccc1)CC(=O)OC. The Morgan fingerprint density at radius 2 is 2.06 bits per heavy atom. The predicted octanol–water partition coefficient (Wildman–Crippen LogP) is 3.29. The van der Waals surface area contributed by atoms with E-state index < -0.39 is 0 Å². The lowest BCUT2D eigenvalue weighted by Crippen LogP contribution is -2.03. The van der Waals surface area contributed by atoms with Crippen molar-refractivity contribution in [2.24, 2.45) is 0 Å². The Labute approximate surface area is 101 Å². The van der Waals surface area contributed by atoms with Crippen molar-refractivity contribution in [3.63, 3.8) is 0 Å². The van der Waals surface area contributed by atoms with E-state index in [1.807, 2.05) is 31.2 Å². The van der Waals surface area contributed by atoms with E-state index >= 15 is 0 Å². The number of carbonyl (C=O) groups excluding carboxylic acids is 1. The molecule has 0 saturated heterocycles. The average Bonchev–Trinajstić information content (AvgIpc) is 2.35. The molecule has 0 N–H and O–H groups in total. The lowest BCUT2D eigenvalue weighted by Gasteiger charge is -2.05. The van der Waals surface area contributed by atoms with Gasteiger partial charge in [0.25, 0.3) is 0 Å². The third-order valence-electron chi connectivity index (χ3n) is 2.17. The van der Waals surface area contributed by atoms with Crippen LogP contribution >= 0.6 is 11.8 Å². The number of thioether (sulfide) groups is 1. The van der Waals surface area contributed by atoms with Crippen molar-refractivity contribution in [3.05, 3.63) is 42.0 Å². The minimum Gasteiger partial charge on any atom is -0.469 e. The molecule has 16 heavy (non-hydrogen) atoms. The van der Waals surface area contributed by atoms with Gasteiger partial charge in [-0.15, -0.1) is 11.8 Å². The smallest absolute Gasteiger partial charge is 0.309 e. The normalized spacial score (nSPS) is 11.2. The Morgan fingerprint density at radius 3 is 2.62 bits per heavy atom. The molecule has 1 aromatic rings. The maximum absolute atomic E-state index is 11.1. The monoisotopic (exact) mass is 236 g/mol. The summed E-state index contributed by atoms with van der Waals surface area (Å²) in [5, 5.41) is 0. The molecule has 0 heterocycles. The van der Waals surface area contributed by atoms with E-state index in [9.17, 15) is 4.79 Å². The molecular formula is C13H16O2S. The van der Waals surface area contributed by atoms with Crippen molar-refractivity contribution >= 4 is 17.7 Å². The van der Waals surface area contributed by atoms with Gasteiger partial charge in [-0.3, -0.25) is 4.79 Å². The molecule has 0 amide bonds. The molecule has 1 aromatic carbocycles. The number of ether oxygens (including phenoxy) is 1. The largest absolute Gasteiger partial charge is 0.469 e. The van der Waals surface area contributed by atoms with Gasteiger partial charge in [0, 0.05) is 10.6 Å². The van der Waals surface area contributed by atoms with E-state index in [1.54, 1.807) is 11.8 Å². The van der Waals surface area contributed by atoms with Crippen LogP contribution in [0, 0.1) is 0 Å². The minimum atomic E-state index is -0.179. The van der Waals surface area contributed by atoms with Gasteiger partial charge in [-0.25, -0.2) is 0 Å². The maximum atomic E-state index is 11.1. The number of allylic oxidation sites excluding steroid dienone is 1. The number of hydrogen-bond acceptors (Lipinski definition) is 3. The van der Waals surface area contributed by atoms with Crippen LogP contribution in [-0.4, -0.2) is 18.8 Å². The molecule has 0 bridgehead atoms. The van der Waals surface area contributed by atoms with Crippen molar-refractivity contribution in [2.45, 2.75) is 18.2 Å². The maximum Gasteiger partial charge on any atom is 0.309 e. The number of esters is 1. The molecule has 0 aliphatic heterocycles. The second-order valence-corrected chi connectivity index (χ2v) is 4.35. The number of benzene rings is 1. The van der Waals surface area contributed by atoms with Gasteiger partial charge in [0.05, 0.1) is 13.5 Å². The molecule has 0 aliphatic carbocycles. The van der Waals surface area contributed by atoms with Crippen LogP contribution in [0.3, 0.4) is 0 Å². The van der Waals surface area contributed by atoms with Crippen LogP contribution in [0.2, 0.25) is 0 Å². The Bertz CT molecular complexity index is 357. The van der Waals surface area contributed by atoms with Crippen LogP contribution in [0.25, 0.3) is 0 Å². The molecule has 0 aliphatic rings. The third-order valence-corrected chi connectivity index (χ3v) is 3.30. The quantitative estimate of drug-likeness (QED) is 0.446. The molecule has 0 fully saturated rings. The van der Waals surface area contributed by atoms with Crippen molar-refractivity contribution < 1.29 is 9.53 Å². The highest BCUT2D eigenvalue weighted by Gasteiger charge is 2.05. The Kier molecular flexibility index (Phi) is 5.72. The fourth-order valence-corrected chi connectivity index (χ4v) is 2.16. The Balaban J connectivity index is 2.44. The van der Waals surface area contributed by atoms with Crippen LogP contribution in [0.5, 0.6) is 0 Å². The highest BCUT2D eigenvalue weighted by molar-refractivity contribution is 7.99. The molecule has 0 radical (unpaired) electrons. The van der Waals surface area contributed by atoms with E-state index in [0.29, 0.717) is 6.42 Å². The van der Waals surface area contributed by atoms with Gasteiger partial charge in [-0.2, -0.15) is 0 Å². The topological polar surface area (TPSA) is 26.3 Å². The van der Waals surface area contributed by atoms with Gasteiger partial charge in [-0.1, -0.05) is 29.8 Å². The summed E-state index contributed by atoms with van der Waals surface area (Å²) in [6.45, 7) is 1.95. The fraction of sp³-hybridized carbons (Fsp3) is 0.308. The first-order valence-corrected chi connectivity index (χ1v) is 6.13. The summed E-state index contributed by atoms with van der Waals surface area (Å²) in [6, 6.07) is 10.2. The molecule has 0 unspecified atom stereocenters. The fourth-order valence-electron chi connectivity index (χ4n) is 1.19. The lowest BCUT2D eigenvalue weighted by atomic mass is 10.2. The Hall–Kier alpha value is -1.22. The molecule has 0 saturated carbocycles. The summed E-state index contributed by atoms with van der Waals surface area (Å²) in [5.41, 5.74) is 1.10. The standard InChI is InChI=1S/C13H16O2S/c1-3-11(9-13(14)15-2)10-16-12-7-5-4-6-8-12/h3-8H,9-10H2,1-2H3/b11-3+. The van der Waals surface area contributed by atoms with Gasteiger partial charge < -0.3 is 4.74 Å². The van der Waals surface area contributed by atoms with Crippen LogP contribution in [0.1, 0.15) is 13.3 Å². The summed E-state index contributed by atoms with van der Waals surface area (Å²) >= 11 is 1.73. The third kappa shape index (κ3) is 4.53. The summed E-state index contributed by atoms with van der Waals surface area (Å²) in [7, 11) is 1.42. The van der Waals surface area contributed by atoms with Crippen LogP contribution < -0.4 is 0 Å². The van der Waals surface area contributed by atoms with Gasteiger partial charge in [0.1, 0.15) is 0 Å². The van der Waals surface area contributed by atoms with Crippen LogP contribution in [0.15, 0.2) is 46.9 Å². The van der Waals surface area contributed by atoms with Crippen molar-refractivity contribution in [1.82, 2.24) is 0 Å². The molecule has 3 heteroatoms. The summed E-state index contributed by atoms with van der Waals surface area (Å²) in [4.78, 5) is 12.3. The zero-order chi connectivity index (χ0) is 11.8. The molecule has 0 spiro atoms. The van der Waals surface area contributed by atoms with Gasteiger partial charge >= 0.3 is 5.97 Å². The zero-order valence-electron chi connectivity index (χ0n) is 9.60. The summed E-state index contributed by atoms with van der Waals surface area (Å²) in [6.07, 6.45) is 2.36. The molecular weight excluding hydrogens is 220 g/mol. The van der Waals surface area contributed by atoms with Gasteiger partial charge in [0.15, 0.2) is 0 Å². The number of carbonyl (C=O) groups is 1. The van der Waals surface area contributed by atoms with E-state index in [-0.39, 0.29) is 5.97 Å². The molecule has 2 nitrogen and oxygen atoms in total. The summed E-state index contributed by atoms with van der Waals surface area (Å²) in [5.74, 6) is 0.650. The predicted molar refractivity (Wildman–Crippen MR) is 67.6 cm³/mol. The first kappa shape index (κ1) is 12.8. The number of methoxy groups -OCH3 is 1. The highest BCUT2D eigenvalue weighted by atomic mass is 32.2. The minimum absolute atomic E-state index is 0.179. The van der Waals surface area contributed by atoms with Crippen molar-refractivity contribution in [1.29, 1.82) is 0 Å². The zero-order valence-corrected chi connectivity index (χ0v) is 10.4.